The molecule has 0 atom stereocenters. The van der Waals surface area contributed by atoms with Crippen LogP contribution in [-0.2, 0) is 22.9 Å². The van der Waals surface area contributed by atoms with Gasteiger partial charge in [0.2, 0.25) is 0 Å². The summed E-state index contributed by atoms with van der Waals surface area (Å²) in [6.45, 7) is 6.37. The van der Waals surface area contributed by atoms with Gasteiger partial charge in [-0.15, -0.1) is 0 Å². The highest BCUT2D eigenvalue weighted by molar-refractivity contribution is 7.92. The van der Waals surface area contributed by atoms with Crippen LogP contribution < -0.4 is 5.32 Å². The third kappa shape index (κ3) is 5.68. The standard InChI is InChI=1S/C23H30N2O4S/c1-17(2)30(28,29)22-9-7-20(8-10-22)23(27)24-15-18-3-5-19(6-4-18)16-25-13-11-21(26)12-14-25/h3-10,17,21,26H,11-16H2,1-2H3,(H,24,27). The zero-order valence-corrected chi connectivity index (χ0v) is 18.4. The largest absolute Gasteiger partial charge is 0.393 e. The van der Waals surface area contributed by atoms with Crippen LogP contribution in [0.25, 0.3) is 0 Å². The SMILES string of the molecule is CC(C)S(=O)(=O)c1ccc(C(=O)NCc2ccc(CN3CCC(O)CC3)cc2)cc1. The average molecular weight is 431 g/mol. The van der Waals surface area contributed by atoms with E-state index in [0.29, 0.717) is 12.1 Å². The van der Waals surface area contributed by atoms with Crippen molar-refractivity contribution in [3.8, 4) is 0 Å². The second-order valence-corrected chi connectivity index (χ2v) is 10.6. The third-order valence-corrected chi connectivity index (χ3v) is 7.68. The fourth-order valence-corrected chi connectivity index (χ4v) is 4.51. The first kappa shape index (κ1) is 22.5. The third-order valence-electron chi connectivity index (χ3n) is 5.50. The van der Waals surface area contributed by atoms with Crippen LogP contribution in [0.5, 0.6) is 0 Å². The molecule has 1 amide bonds. The van der Waals surface area contributed by atoms with E-state index in [0.717, 1.165) is 38.0 Å². The molecule has 0 saturated carbocycles. The van der Waals surface area contributed by atoms with Gasteiger partial charge in [-0.1, -0.05) is 24.3 Å². The Morgan fingerprint density at radius 1 is 1.03 bits per heavy atom. The molecule has 1 aliphatic rings. The topological polar surface area (TPSA) is 86.7 Å². The van der Waals surface area contributed by atoms with Crippen LogP contribution in [0.15, 0.2) is 53.4 Å². The van der Waals surface area contributed by atoms with E-state index in [9.17, 15) is 18.3 Å². The predicted molar refractivity (Wildman–Crippen MR) is 117 cm³/mol. The molecule has 3 rings (SSSR count). The van der Waals surface area contributed by atoms with Gasteiger partial charge >= 0.3 is 0 Å². The lowest BCUT2D eigenvalue weighted by atomic mass is 10.1. The number of amides is 1. The molecular formula is C23H30N2O4S. The fourth-order valence-electron chi connectivity index (χ4n) is 3.45. The van der Waals surface area contributed by atoms with Gasteiger partial charge in [-0.05, 0) is 62.1 Å². The Balaban J connectivity index is 1.52. The molecule has 0 spiro atoms. The van der Waals surface area contributed by atoms with Gasteiger partial charge in [0.25, 0.3) is 5.91 Å². The number of piperidine rings is 1. The van der Waals surface area contributed by atoms with Gasteiger partial charge in [0, 0.05) is 31.7 Å². The molecule has 1 aliphatic heterocycles. The summed E-state index contributed by atoms with van der Waals surface area (Å²) in [5.74, 6) is -0.237. The molecule has 2 aromatic carbocycles. The van der Waals surface area contributed by atoms with Crippen LogP contribution in [-0.4, -0.2) is 48.8 Å². The molecule has 0 unspecified atom stereocenters. The van der Waals surface area contributed by atoms with Crippen LogP contribution in [0.1, 0.15) is 48.2 Å². The summed E-state index contributed by atoms with van der Waals surface area (Å²) >= 11 is 0. The van der Waals surface area contributed by atoms with Gasteiger partial charge in [0.1, 0.15) is 0 Å². The van der Waals surface area contributed by atoms with Crippen molar-refractivity contribution in [2.75, 3.05) is 13.1 Å². The highest BCUT2D eigenvalue weighted by atomic mass is 32.2. The molecule has 6 nitrogen and oxygen atoms in total. The van der Waals surface area contributed by atoms with E-state index < -0.39 is 15.1 Å². The number of carbonyl (C=O) groups is 1. The Kier molecular flexibility index (Phi) is 7.28. The van der Waals surface area contributed by atoms with Crippen LogP contribution in [0.3, 0.4) is 0 Å². The van der Waals surface area contributed by atoms with Crippen molar-refractivity contribution in [1.82, 2.24) is 10.2 Å². The maximum atomic E-state index is 12.4. The molecule has 1 saturated heterocycles. The molecule has 0 aliphatic carbocycles. The summed E-state index contributed by atoms with van der Waals surface area (Å²) in [4.78, 5) is 15.0. The van der Waals surface area contributed by atoms with Crippen LogP contribution >= 0.6 is 0 Å². The number of benzene rings is 2. The number of aliphatic hydroxyl groups excluding tert-OH is 1. The number of nitrogens with zero attached hydrogens (tertiary/aromatic N) is 1. The normalized spacial score (nSPS) is 16.0. The minimum atomic E-state index is -3.34. The number of aliphatic hydroxyl groups is 1. The molecule has 0 radical (unpaired) electrons. The maximum absolute atomic E-state index is 12.4. The smallest absolute Gasteiger partial charge is 0.251 e. The molecular weight excluding hydrogens is 400 g/mol. The monoisotopic (exact) mass is 430 g/mol. The Bertz CT molecular complexity index is 946. The van der Waals surface area contributed by atoms with Crippen molar-refractivity contribution in [2.45, 2.75) is 56.0 Å². The number of hydrogen-bond acceptors (Lipinski definition) is 5. The van der Waals surface area contributed by atoms with E-state index in [1.54, 1.807) is 26.0 Å². The minimum Gasteiger partial charge on any atom is -0.393 e. The van der Waals surface area contributed by atoms with Gasteiger partial charge < -0.3 is 10.4 Å². The number of carbonyl (C=O) groups excluding carboxylic acids is 1. The molecule has 1 fully saturated rings. The Morgan fingerprint density at radius 2 is 1.60 bits per heavy atom. The van der Waals surface area contributed by atoms with Crippen LogP contribution in [0.2, 0.25) is 0 Å². The highest BCUT2D eigenvalue weighted by Gasteiger charge is 2.19. The second kappa shape index (κ2) is 9.73. The van der Waals surface area contributed by atoms with Crippen LogP contribution in [0, 0.1) is 0 Å². The summed E-state index contributed by atoms with van der Waals surface area (Å²) < 4.78 is 24.4. The maximum Gasteiger partial charge on any atom is 0.251 e. The van der Waals surface area contributed by atoms with E-state index in [4.69, 9.17) is 0 Å². The van der Waals surface area contributed by atoms with Crippen molar-refractivity contribution in [3.63, 3.8) is 0 Å². The zero-order valence-electron chi connectivity index (χ0n) is 17.5. The summed E-state index contributed by atoms with van der Waals surface area (Å²) in [5, 5.41) is 12.0. The Labute approximate surface area is 178 Å². The molecule has 2 N–H and O–H groups in total. The lowest BCUT2D eigenvalue weighted by Crippen LogP contribution is -2.35. The molecule has 2 aromatic rings. The van der Waals surface area contributed by atoms with Gasteiger partial charge in [0.05, 0.1) is 16.2 Å². The lowest BCUT2D eigenvalue weighted by molar-refractivity contribution is 0.0792. The van der Waals surface area contributed by atoms with Crippen molar-refractivity contribution in [2.24, 2.45) is 0 Å². The summed E-state index contributed by atoms with van der Waals surface area (Å²) in [6, 6.07) is 14.2. The summed E-state index contributed by atoms with van der Waals surface area (Å²) in [6.07, 6.45) is 1.49. The van der Waals surface area contributed by atoms with Gasteiger partial charge in [-0.3, -0.25) is 9.69 Å². The lowest BCUT2D eigenvalue weighted by Gasteiger charge is -2.29. The number of rotatable bonds is 7. The second-order valence-electron chi connectivity index (χ2n) is 8.12. The first-order valence-electron chi connectivity index (χ1n) is 10.4. The Hall–Kier alpha value is -2.22. The predicted octanol–water partition coefficient (Wildman–Crippen LogP) is 2.76. The summed E-state index contributed by atoms with van der Waals surface area (Å²) in [5.41, 5.74) is 2.64. The van der Waals surface area contributed by atoms with Gasteiger partial charge in [-0.2, -0.15) is 0 Å². The van der Waals surface area contributed by atoms with E-state index in [-0.39, 0.29) is 16.9 Å². The summed E-state index contributed by atoms with van der Waals surface area (Å²) in [7, 11) is -3.34. The van der Waals surface area contributed by atoms with Crippen molar-refractivity contribution >= 4 is 15.7 Å². The van der Waals surface area contributed by atoms with Crippen LogP contribution in [0.4, 0.5) is 0 Å². The van der Waals surface area contributed by atoms with Crippen molar-refractivity contribution in [1.29, 1.82) is 0 Å². The number of nitrogens with one attached hydrogen (secondary N) is 1. The average Bonchev–Trinajstić information content (AvgIpc) is 2.74. The first-order valence-corrected chi connectivity index (χ1v) is 11.9. The van der Waals surface area contributed by atoms with Crippen molar-refractivity contribution < 1.29 is 18.3 Å². The molecule has 7 heteroatoms. The zero-order chi connectivity index (χ0) is 21.7. The van der Waals surface area contributed by atoms with E-state index in [2.05, 4.69) is 22.3 Å². The van der Waals surface area contributed by atoms with E-state index >= 15 is 0 Å². The highest BCUT2D eigenvalue weighted by Crippen LogP contribution is 2.17. The number of sulfone groups is 1. The van der Waals surface area contributed by atoms with Crippen molar-refractivity contribution in [3.05, 3.63) is 65.2 Å². The molecule has 30 heavy (non-hydrogen) atoms. The van der Waals surface area contributed by atoms with E-state index in [1.165, 1.54) is 17.7 Å². The molecule has 0 bridgehead atoms. The number of hydrogen-bond donors (Lipinski definition) is 2. The minimum absolute atomic E-state index is 0.164. The molecule has 1 heterocycles. The first-order chi connectivity index (χ1) is 14.3. The fraction of sp³-hybridized carbons (Fsp3) is 0.435. The van der Waals surface area contributed by atoms with E-state index in [1.807, 2.05) is 12.1 Å². The van der Waals surface area contributed by atoms with Gasteiger partial charge in [-0.25, -0.2) is 8.42 Å². The van der Waals surface area contributed by atoms with Gasteiger partial charge in [0.15, 0.2) is 9.84 Å². The quantitative estimate of drug-likeness (QED) is 0.705. The molecule has 0 aromatic heterocycles. The number of likely N-dealkylation sites (tertiary alicyclic amines) is 1. The Morgan fingerprint density at radius 3 is 2.17 bits per heavy atom. The molecule has 162 valence electrons.